The normalized spacial score (nSPS) is 13.0. The van der Waals surface area contributed by atoms with Gasteiger partial charge in [0.15, 0.2) is 5.76 Å². The van der Waals surface area contributed by atoms with E-state index in [-0.39, 0.29) is 5.76 Å². The molecule has 1 amide bonds. The first-order valence-corrected chi connectivity index (χ1v) is 6.60. The van der Waals surface area contributed by atoms with E-state index in [1.165, 1.54) is 18.4 Å². The number of nitrogens with one attached hydrogen (secondary N) is 1. The van der Waals surface area contributed by atoms with Crippen LogP contribution in [0.5, 0.6) is 0 Å². The number of amides is 1. The zero-order chi connectivity index (χ0) is 13.1. The number of carbonyl (C=O) groups excluding carboxylic acids is 1. The Bertz CT molecular complexity index is 504. The highest BCUT2D eigenvalue weighted by Crippen LogP contribution is 2.01. The first-order chi connectivity index (χ1) is 7.79. The van der Waals surface area contributed by atoms with E-state index in [2.05, 4.69) is 5.32 Å². The fourth-order valence-corrected chi connectivity index (χ4v) is 1.95. The lowest BCUT2D eigenvalue weighted by molar-refractivity contribution is -0.138. The van der Waals surface area contributed by atoms with Crippen LogP contribution in [0.2, 0.25) is 0 Å². The molecule has 1 aromatic heterocycles. The number of rotatable bonds is 5. The van der Waals surface area contributed by atoms with Crippen LogP contribution in [0.1, 0.15) is 10.6 Å². The molecule has 0 fully saturated rings. The highest BCUT2D eigenvalue weighted by atomic mass is 32.2. The van der Waals surface area contributed by atoms with Gasteiger partial charge < -0.3 is 14.8 Å². The number of carboxylic acid groups (broad SMARTS) is 1. The summed E-state index contributed by atoms with van der Waals surface area (Å²) in [6.07, 6.45) is 2.14. The van der Waals surface area contributed by atoms with Gasteiger partial charge in [-0.25, -0.2) is 13.2 Å². The molecule has 1 atom stereocenters. The molecule has 1 unspecified atom stereocenters. The first-order valence-electron chi connectivity index (χ1n) is 4.54. The summed E-state index contributed by atoms with van der Waals surface area (Å²) in [6, 6.07) is 1.30. The van der Waals surface area contributed by atoms with Gasteiger partial charge in [0, 0.05) is 6.26 Å². The van der Waals surface area contributed by atoms with Crippen molar-refractivity contribution in [3.05, 3.63) is 24.2 Å². The number of hydrogen-bond donors (Lipinski definition) is 2. The van der Waals surface area contributed by atoms with Crippen LogP contribution in [-0.4, -0.2) is 43.5 Å². The third-order valence-corrected chi connectivity index (χ3v) is 2.76. The van der Waals surface area contributed by atoms with E-state index in [1.54, 1.807) is 0 Å². The fraction of sp³-hybridized carbons (Fsp3) is 0.333. The Morgan fingerprint density at radius 3 is 2.59 bits per heavy atom. The van der Waals surface area contributed by atoms with Gasteiger partial charge in [0.05, 0.1) is 12.0 Å². The zero-order valence-electron chi connectivity index (χ0n) is 8.91. The molecule has 1 rings (SSSR count). The molecule has 0 saturated carbocycles. The number of carbonyl (C=O) groups is 2. The number of carboxylic acids is 1. The highest BCUT2D eigenvalue weighted by molar-refractivity contribution is 7.90. The molecule has 0 aliphatic heterocycles. The van der Waals surface area contributed by atoms with Crippen molar-refractivity contribution in [1.29, 1.82) is 0 Å². The van der Waals surface area contributed by atoms with Gasteiger partial charge in [-0.15, -0.1) is 0 Å². The summed E-state index contributed by atoms with van der Waals surface area (Å²) in [6.45, 7) is 0. The zero-order valence-corrected chi connectivity index (χ0v) is 9.73. The lowest BCUT2D eigenvalue weighted by Gasteiger charge is -2.12. The molecular weight excluding hydrogens is 250 g/mol. The van der Waals surface area contributed by atoms with E-state index in [1.807, 2.05) is 0 Å². The van der Waals surface area contributed by atoms with Crippen LogP contribution in [0.4, 0.5) is 0 Å². The Balaban J connectivity index is 2.75. The van der Waals surface area contributed by atoms with Gasteiger partial charge in [0.2, 0.25) is 0 Å². The molecule has 7 nitrogen and oxygen atoms in total. The molecule has 0 aliphatic carbocycles. The monoisotopic (exact) mass is 261 g/mol. The van der Waals surface area contributed by atoms with Gasteiger partial charge in [-0.3, -0.25) is 4.79 Å². The third-order valence-electron chi connectivity index (χ3n) is 1.82. The van der Waals surface area contributed by atoms with Gasteiger partial charge in [0.25, 0.3) is 5.91 Å². The number of sulfone groups is 1. The van der Waals surface area contributed by atoms with Gasteiger partial charge >= 0.3 is 5.97 Å². The van der Waals surface area contributed by atoms with Crippen LogP contribution in [0, 0.1) is 0 Å². The van der Waals surface area contributed by atoms with Crippen LogP contribution < -0.4 is 5.32 Å². The Kier molecular flexibility index (Phi) is 3.89. The molecule has 1 aromatic rings. The van der Waals surface area contributed by atoms with Crippen LogP contribution in [-0.2, 0) is 14.6 Å². The molecule has 0 bridgehead atoms. The van der Waals surface area contributed by atoms with Crippen molar-refractivity contribution in [3.63, 3.8) is 0 Å². The number of furan rings is 1. The van der Waals surface area contributed by atoms with Crippen LogP contribution in [0.25, 0.3) is 0 Å². The molecular formula is C9H11NO6S. The van der Waals surface area contributed by atoms with E-state index in [4.69, 9.17) is 9.52 Å². The summed E-state index contributed by atoms with van der Waals surface area (Å²) in [5.74, 6) is -2.94. The second-order valence-corrected chi connectivity index (χ2v) is 5.62. The molecule has 17 heavy (non-hydrogen) atoms. The van der Waals surface area contributed by atoms with E-state index in [0.717, 1.165) is 6.26 Å². The molecule has 0 aliphatic rings. The summed E-state index contributed by atoms with van der Waals surface area (Å²) in [4.78, 5) is 22.2. The molecule has 1 heterocycles. The summed E-state index contributed by atoms with van der Waals surface area (Å²) in [5, 5.41) is 10.8. The minimum atomic E-state index is -3.51. The summed E-state index contributed by atoms with van der Waals surface area (Å²) >= 11 is 0. The van der Waals surface area contributed by atoms with Gasteiger partial charge in [-0.1, -0.05) is 0 Å². The second kappa shape index (κ2) is 5.00. The maximum absolute atomic E-state index is 11.4. The molecule has 94 valence electrons. The summed E-state index contributed by atoms with van der Waals surface area (Å²) in [7, 11) is -3.51. The minimum Gasteiger partial charge on any atom is -0.480 e. The van der Waals surface area contributed by atoms with E-state index >= 15 is 0 Å². The molecule has 0 radical (unpaired) electrons. The smallest absolute Gasteiger partial charge is 0.327 e. The lowest BCUT2D eigenvalue weighted by Crippen LogP contribution is -2.45. The number of aliphatic carboxylic acids is 1. The van der Waals surface area contributed by atoms with Gasteiger partial charge in [-0.05, 0) is 12.1 Å². The van der Waals surface area contributed by atoms with Crippen molar-refractivity contribution in [2.24, 2.45) is 0 Å². The van der Waals surface area contributed by atoms with Crippen molar-refractivity contribution in [2.75, 3.05) is 12.0 Å². The second-order valence-electron chi connectivity index (χ2n) is 3.43. The Morgan fingerprint density at radius 2 is 2.18 bits per heavy atom. The summed E-state index contributed by atoms with van der Waals surface area (Å²) in [5.41, 5.74) is 0. The SMILES string of the molecule is CS(=O)(=O)CC(NC(=O)c1ccco1)C(=O)O. The number of hydrogen-bond acceptors (Lipinski definition) is 5. The largest absolute Gasteiger partial charge is 0.480 e. The van der Waals surface area contributed by atoms with Crippen LogP contribution in [0.15, 0.2) is 22.8 Å². The first kappa shape index (κ1) is 13.2. The van der Waals surface area contributed by atoms with Crippen molar-refractivity contribution in [1.82, 2.24) is 5.32 Å². The average molecular weight is 261 g/mol. The van der Waals surface area contributed by atoms with E-state index in [0.29, 0.717) is 0 Å². The van der Waals surface area contributed by atoms with Gasteiger partial charge in [0.1, 0.15) is 15.9 Å². The predicted octanol–water partition coefficient (Wildman–Crippen LogP) is -0.493. The summed E-state index contributed by atoms with van der Waals surface area (Å²) < 4.78 is 26.7. The molecule has 0 aromatic carbocycles. The molecule has 8 heteroatoms. The van der Waals surface area contributed by atoms with Crippen LogP contribution >= 0.6 is 0 Å². The molecule has 2 N–H and O–H groups in total. The van der Waals surface area contributed by atoms with E-state index < -0.39 is 33.5 Å². The van der Waals surface area contributed by atoms with Crippen molar-refractivity contribution in [3.8, 4) is 0 Å². The molecule has 0 saturated heterocycles. The Morgan fingerprint density at radius 1 is 1.53 bits per heavy atom. The Hall–Kier alpha value is -1.83. The predicted molar refractivity (Wildman–Crippen MR) is 57.3 cm³/mol. The van der Waals surface area contributed by atoms with Crippen molar-refractivity contribution >= 4 is 21.7 Å². The maximum atomic E-state index is 11.4. The fourth-order valence-electron chi connectivity index (χ4n) is 1.11. The molecule has 0 spiro atoms. The van der Waals surface area contributed by atoms with Crippen molar-refractivity contribution < 1.29 is 27.5 Å². The topological polar surface area (TPSA) is 114 Å². The van der Waals surface area contributed by atoms with Crippen LogP contribution in [0.3, 0.4) is 0 Å². The third kappa shape index (κ3) is 4.27. The maximum Gasteiger partial charge on any atom is 0.327 e. The standard InChI is InChI=1S/C9H11NO6S/c1-17(14,15)5-6(9(12)13)10-8(11)7-3-2-4-16-7/h2-4,6H,5H2,1H3,(H,10,11)(H,12,13). The highest BCUT2D eigenvalue weighted by Gasteiger charge is 2.25. The quantitative estimate of drug-likeness (QED) is 0.739. The van der Waals surface area contributed by atoms with E-state index in [9.17, 15) is 18.0 Å². The van der Waals surface area contributed by atoms with Gasteiger partial charge in [-0.2, -0.15) is 0 Å². The average Bonchev–Trinajstić information content (AvgIpc) is 2.66. The lowest BCUT2D eigenvalue weighted by atomic mass is 10.3. The Labute approximate surface area is 97.3 Å². The minimum absolute atomic E-state index is 0.0789. The van der Waals surface area contributed by atoms with Crippen molar-refractivity contribution in [2.45, 2.75) is 6.04 Å².